The molecule has 1 aromatic carbocycles. The van der Waals surface area contributed by atoms with Gasteiger partial charge in [-0.3, -0.25) is 9.59 Å². The van der Waals surface area contributed by atoms with Crippen molar-refractivity contribution in [3.8, 4) is 0 Å². The van der Waals surface area contributed by atoms with Crippen LogP contribution in [-0.2, 0) is 4.79 Å². The van der Waals surface area contributed by atoms with Gasteiger partial charge in [0.25, 0.3) is 5.91 Å². The second-order valence-corrected chi connectivity index (χ2v) is 5.74. The fraction of sp³-hybridized carbons (Fsp3) is 0.200. The van der Waals surface area contributed by atoms with Crippen molar-refractivity contribution >= 4 is 33.4 Å². The molecule has 0 saturated carbocycles. The van der Waals surface area contributed by atoms with E-state index in [9.17, 15) is 14.0 Å². The van der Waals surface area contributed by atoms with E-state index in [1.165, 1.54) is 17.0 Å². The minimum Gasteiger partial charge on any atom is -0.444 e. The van der Waals surface area contributed by atoms with E-state index in [0.717, 1.165) is 0 Å². The zero-order chi connectivity index (χ0) is 15.7. The summed E-state index contributed by atoms with van der Waals surface area (Å²) in [5, 5.41) is 2.74. The molecule has 2 heterocycles. The first-order chi connectivity index (χ1) is 10.5. The highest BCUT2D eigenvalue weighted by atomic mass is 79.9. The van der Waals surface area contributed by atoms with Crippen LogP contribution in [0.3, 0.4) is 0 Å². The molecule has 1 saturated heterocycles. The Morgan fingerprint density at radius 1 is 1.36 bits per heavy atom. The molecule has 3 rings (SSSR count). The number of anilines is 1. The third kappa shape index (κ3) is 3.04. The van der Waals surface area contributed by atoms with Gasteiger partial charge in [-0.05, 0) is 46.3 Å². The molecular weight excluding hydrogens is 355 g/mol. The average molecular weight is 367 g/mol. The maximum Gasteiger partial charge on any atom is 0.287 e. The quantitative estimate of drug-likeness (QED) is 0.908. The van der Waals surface area contributed by atoms with Gasteiger partial charge in [-0.2, -0.15) is 0 Å². The third-order valence-corrected chi connectivity index (χ3v) is 3.80. The molecular formula is C15H12BrFN2O3. The Kier molecular flexibility index (Phi) is 3.98. The highest BCUT2D eigenvalue weighted by Crippen LogP contribution is 2.22. The van der Waals surface area contributed by atoms with Crippen LogP contribution in [0.25, 0.3) is 0 Å². The molecule has 0 bridgehead atoms. The maximum absolute atomic E-state index is 13.3. The Morgan fingerprint density at radius 3 is 2.86 bits per heavy atom. The van der Waals surface area contributed by atoms with Gasteiger partial charge in [-0.25, -0.2) is 4.39 Å². The van der Waals surface area contributed by atoms with Gasteiger partial charge < -0.3 is 14.6 Å². The second-order valence-electron chi connectivity index (χ2n) is 4.96. The third-order valence-electron chi connectivity index (χ3n) is 3.38. The Morgan fingerprint density at radius 2 is 2.18 bits per heavy atom. The van der Waals surface area contributed by atoms with Gasteiger partial charge in [-0.1, -0.05) is 6.07 Å². The lowest BCUT2D eigenvalue weighted by molar-refractivity contribution is -0.117. The molecule has 2 amide bonds. The molecule has 1 atom stereocenters. The van der Waals surface area contributed by atoms with Crippen LogP contribution in [-0.4, -0.2) is 24.4 Å². The second kappa shape index (κ2) is 5.92. The fourth-order valence-corrected chi connectivity index (χ4v) is 2.70. The van der Waals surface area contributed by atoms with E-state index in [4.69, 9.17) is 4.42 Å². The number of nitrogens with one attached hydrogen (secondary N) is 1. The van der Waals surface area contributed by atoms with E-state index < -0.39 is 5.82 Å². The van der Waals surface area contributed by atoms with E-state index in [2.05, 4.69) is 21.2 Å². The van der Waals surface area contributed by atoms with Crippen LogP contribution >= 0.6 is 15.9 Å². The van der Waals surface area contributed by atoms with E-state index >= 15 is 0 Å². The summed E-state index contributed by atoms with van der Waals surface area (Å²) in [6.45, 7) is 0.301. The summed E-state index contributed by atoms with van der Waals surface area (Å²) in [5.74, 6) is -0.775. The van der Waals surface area contributed by atoms with Crippen molar-refractivity contribution in [2.24, 2.45) is 0 Å². The van der Waals surface area contributed by atoms with Crippen molar-refractivity contribution in [1.82, 2.24) is 5.32 Å². The number of carbonyl (C=O) groups excluding carboxylic acids is 2. The van der Waals surface area contributed by atoms with Crippen LogP contribution in [0, 0.1) is 5.82 Å². The zero-order valence-corrected chi connectivity index (χ0v) is 13.0. The monoisotopic (exact) mass is 366 g/mol. The Labute approximate surface area is 134 Å². The van der Waals surface area contributed by atoms with E-state index in [1.54, 1.807) is 24.3 Å². The van der Waals surface area contributed by atoms with Crippen LogP contribution in [0.5, 0.6) is 0 Å². The Hall–Kier alpha value is -2.15. The number of benzene rings is 1. The number of amides is 2. The first kappa shape index (κ1) is 14.8. The number of carbonyl (C=O) groups is 2. The maximum atomic E-state index is 13.3. The molecule has 2 aromatic rings. The van der Waals surface area contributed by atoms with Gasteiger partial charge in [0.1, 0.15) is 5.82 Å². The molecule has 0 radical (unpaired) electrons. The highest BCUT2D eigenvalue weighted by Gasteiger charge is 2.32. The van der Waals surface area contributed by atoms with Gasteiger partial charge in [0.2, 0.25) is 5.91 Å². The molecule has 0 aliphatic carbocycles. The van der Waals surface area contributed by atoms with Crippen LogP contribution in [0.15, 0.2) is 45.5 Å². The Balaban J connectivity index is 1.68. The Bertz CT molecular complexity index is 731. The summed E-state index contributed by atoms with van der Waals surface area (Å²) in [5.41, 5.74) is 0.488. The molecule has 1 fully saturated rings. The van der Waals surface area contributed by atoms with Crippen molar-refractivity contribution in [2.75, 3.05) is 11.4 Å². The molecule has 1 aliphatic heterocycles. The van der Waals surface area contributed by atoms with Crippen LogP contribution in [0.1, 0.15) is 17.0 Å². The number of hydrogen-bond donors (Lipinski definition) is 1. The summed E-state index contributed by atoms with van der Waals surface area (Å²) in [6.07, 6.45) is 0.171. The largest absolute Gasteiger partial charge is 0.444 e. The van der Waals surface area contributed by atoms with Crippen molar-refractivity contribution in [3.63, 3.8) is 0 Å². The predicted octanol–water partition coefficient (Wildman–Crippen LogP) is 2.72. The highest BCUT2D eigenvalue weighted by molar-refractivity contribution is 9.10. The summed E-state index contributed by atoms with van der Waals surface area (Å²) in [4.78, 5) is 25.5. The standard InChI is InChI=1S/C15H12BrFN2O3/c16-13-5-4-12(22-13)15(21)18-10-7-14(20)19(8-10)11-3-1-2-9(17)6-11/h1-6,10H,7-8H2,(H,18,21). The van der Waals surface area contributed by atoms with E-state index in [0.29, 0.717) is 16.9 Å². The number of hydrogen-bond acceptors (Lipinski definition) is 3. The number of halogens is 2. The van der Waals surface area contributed by atoms with Gasteiger partial charge >= 0.3 is 0 Å². The smallest absolute Gasteiger partial charge is 0.287 e. The molecule has 22 heavy (non-hydrogen) atoms. The SMILES string of the molecule is O=C(NC1CC(=O)N(c2cccc(F)c2)C1)c1ccc(Br)o1. The normalized spacial score (nSPS) is 17.8. The molecule has 114 valence electrons. The fourth-order valence-electron chi connectivity index (χ4n) is 2.39. The van der Waals surface area contributed by atoms with E-state index in [1.807, 2.05) is 0 Å². The molecule has 1 N–H and O–H groups in total. The minimum atomic E-state index is -0.404. The van der Waals surface area contributed by atoms with Crippen LogP contribution in [0.4, 0.5) is 10.1 Å². The predicted molar refractivity (Wildman–Crippen MR) is 81.0 cm³/mol. The zero-order valence-electron chi connectivity index (χ0n) is 11.4. The van der Waals surface area contributed by atoms with Crippen molar-refractivity contribution in [2.45, 2.75) is 12.5 Å². The number of furan rings is 1. The molecule has 1 unspecified atom stereocenters. The van der Waals surface area contributed by atoms with E-state index in [-0.39, 0.29) is 30.0 Å². The van der Waals surface area contributed by atoms with Gasteiger partial charge in [0.05, 0.1) is 6.04 Å². The molecule has 7 heteroatoms. The molecule has 1 aromatic heterocycles. The minimum absolute atomic E-state index is 0.156. The lowest BCUT2D eigenvalue weighted by Gasteiger charge is -2.17. The van der Waals surface area contributed by atoms with Gasteiger partial charge in [0, 0.05) is 18.7 Å². The lowest BCUT2D eigenvalue weighted by Crippen LogP contribution is -2.37. The first-order valence-electron chi connectivity index (χ1n) is 6.65. The molecule has 5 nitrogen and oxygen atoms in total. The number of rotatable bonds is 3. The first-order valence-corrected chi connectivity index (χ1v) is 7.44. The van der Waals surface area contributed by atoms with Crippen LogP contribution in [0.2, 0.25) is 0 Å². The van der Waals surface area contributed by atoms with Crippen LogP contribution < -0.4 is 10.2 Å². The van der Waals surface area contributed by atoms with Gasteiger partial charge in [0.15, 0.2) is 10.4 Å². The van der Waals surface area contributed by atoms with Gasteiger partial charge in [-0.15, -0.1) is 0 Å². The van der Waals surface area contributed by atoms with Crippen molar-refractivity contribution in [1.29, 1.82) is 0 Å². The summed E-state index contributed by atoms with van der Waals surface area (Å²) < 4.78 is 18.9. The summed E-state index contributed by atoms with van der Waals surface area (Å²) >= 11 is 3.13. The topological polar surface area (TPSA) is 62.6 Å². The summed E-state index contributed by atoms with van der Waals surface area (Å²) in [7, 11) is 0. The summed E-state index contributed by atoms with van der Waals surface area (Å²) in [6, 6.07) is 8.64. The van der Waals surface area contributed by atoms with Crippen molar-refractivity contribution < 1.29 is 18.4 Å². The number of nitrogens with zero attached hydrogens (tertiary/aromatic N) is 1. The van der Waals surface area contributed by atoms with Crippen molar-refractivity contribution in [3.05, 3.63) is 52.6 Å². The molecule has 1 aliphatic rings. The lowest BCUT2D eigenvalue weighted by atomic mass is 10.2. The average Bonchev–Trinajstić information content (AvgIpc) is 3.05. The molecule has 0 spiro atoms.